The summed E-state index contributed by atoms with van der Waals surface area (Å²) in [6, 6.07) is 8.69. The van der Waals surface area contributed by atoms with Gasteiger partial charge >= 0.3 is 6.09 Å². The number of carbonyl (C=O) groups is 2. The number of nitrogens with zero attached hydrogens (tertiary/aromatic N) is 1. The van der Waals surface area contributed by atoms with Crippen LogP contribution in [0.15, 0.2) is 35.5 Å². The molecule has 7 nitrogen and oxygen atoms in total. The maximum Gasteiger partial charge on any atom is 0.408 e. The first kappa shape index (κ1) is 21.8. The Balaban J connectivity index is 2.52. The zero-order chi connectivity index (χ0) is 19.6. The molecule has 1 rings (SSSR count). The van der Waals surface area contributed by atoms with Crippen LogP contribution in [0, 0.1) is 0 Å². The van der Waals surface area contributed by atoms with Crippen molar-refractivity contribution in [3.05, 3.63) is 35.9 Å². The number of hydrogen-bond donors (Lipinski definition) is 2. The minimum atomic E-state index is -0.882. The lowest BCUT2D eigenvalue weighted by molar-refractivity contribution is -0.120. The molecule has 0 aromatic heterocycles. The predicted octanol–water partition coefficient (Wildman–Crippen LogP) is 2.96. The third kappa shape index (κ3) is 9.27. The fraction of sp³-hybridized carbons (Fsp3) is 0.500. The summed E-state index contributed by atoms with van der Waals surface area (Å²) >= 11 is 5.87. The van der Waals surface area contributed by atoms with Crippen molar-refractivity contribution in [3.8, 4) is 0 Å². The predicted molar refractivity (Wildman–Crippen MR) is 101 cm³/mol. The molecule has 2 amide bonds. The minimum absolute atomic E-state index is 0.146. The molecule has 8 heteroatoms. The van der Waals surface area contributed by atoms with E-state index in [9.17, 15) is 9.59 Å². The molecule has 0 aliphatic heterocycles. The quantitative estimate of drug-likeness (QED) is 0.388. The molecule has 0 aliphatic carbocycles. The number of hydrogen-bond acceptors (Lipinski definition) is 5. The molecule has 0 bridgehead atoms. The number of ether oxygens (including phenoxy) is 1. The molecule has 1 atom stereocenters. The van der Waals surface area contributed by atoms with Crippen LogP contribution in [-0.4, -0.2) is 35.2 Å². The zero-order valence-corrected chi connectivity index (χ0v) is 16.1. The van der Waals surface area contributed by atoms with Crippen LogP contribution in [0.4, 0.5) is 4.79 Å². The third-order valence-electron chi connectivity index (χ3n) is 3.18. The highest BCUT2D eigenvalue weighted by atomic mass is 35.5. The van der Waals surface area contributed by atoms with Crippen LogP contribution < -0.4 is 11.1 Å². The number of oxime groups is 1. The van der Waals surface area contributed by atoms with E-state index in [2.05, 4.69) is 10.5 Å². The van der Waals surface area contributed by atoms with Crippen LogP contribution in [-0.2, 0) is 21.0 Å². The lowest BCUT2D eigenvalue weighted by Crippen LogP contribution is -2.46. The van der Waals surface area contributed by atoms with E-state index in [1.165, 1.54) is 0 Å². The first-order valence-electron chi connectivity index (χ1n) is 8.27. The largest absolute Gasteiger partial charge is 0.444 e. The average molecular weight is 384 g/mol. The normalized spacial score (nSPS) is 13.0. The van der Waals surface area contributed by atoms with Crippen LogP contribution in [0.5, 0.6) is 0 Å². The molecule has 0 unspecified atom stereocenters. The first-order valence-corrected chi connectivity index (χ1v) is 8.81. The molecular formula is C18H26ClN3O4. The summed E-state index contributed by atoms with van der Waals surface area (Å²) in [5.74, 6) is -0.512. The number of rotatable bonds is 9. The highest BCUT2D eigenvalue weighted by Gasteiger charge is 2.23. The molecule has 1 aromatic rings. The molecule has 26 heavy (non-hydrogen) atoms. The number of alkyl carbamates (subject to hydrolysis) is 1. The number of nitrogens with one attached hydrogen (secondary N) is 1. The van der Waals surface area contributed by atoms with Crippen molar-refractivity contribution in [2.45, 2.75) is 51.9 Å². The van der Waals surface area contributed by atoms with E-state index >= 15 is 0 Å². The van der Waals surface area contributed by atoms with Gasteiger partial charge in [-0.2, -0.15) is 0 Å². The Bertz CT molecular complexity index is 615. The standard InChI is InChI=1S/C18H26ClN3O4/c1-18(2,3)26-17(24)21-15(16(20)23)10-9-14(11-19)22-25-12-13-7-5-4-6-8-13/h4-8,15H,9-12H2,1-3H3,(H2,20,23)(H,21,24)/t15-/m0/s1. The van der Waals surface area contributed by atoms with E-state index in [1.54, 1.807) is 20.8 Å². The van der Waals surface area contributed by atoms with Crippen molar-refractivity contribution >= 4 is 29.3 Å². The van der Waals surface area contributed by atoms with E-state index in [4.69, 9.17) is 26.9 Å². The Kier molecular flexibility index (Phi) is 8.92. The number of nitrogens with two attached hydrogens (primary N) is 1. The SMILES string of the molecule is CC(C)(C)OC(=O)N[C@@H](CCC(CCl)=NOCc1ccccc1)C(N)=O. The van der Waals surface area contributed by atoms with Crippen molar-refractivity contribution in [1.82, 2.24) is 5.32 Å². The summed E-state index contributed by atoms with van der Waals surface area (Å²) in [6.07, 6.45) is -0.109. The van der Waals surface area contributed by atoms with Gasteiger partial charge in [0.25, 0.3) is 0 Å². The van der Waals surface area contributed by atoms with Gasteiger partial charge in [-0.25, -0.2) is 4.79 Å². The second kappa shape index (κ2) is 10.7. The highest BCUT2D eigenvalue weighted by molar-refractivity contribution is 6.28. The highest BCUT2D eigenvalue weighted by Crippen LogP contribution is 2.09. The summed E-state index contributed by atoms with van der Waals surface area (Å²) in [5, 5.41) is 6.46. The van der Waals surface area contributed by atoms with E-state index < -0.39 is 23.6 Å². The second-order valence-electron chi connectivity index (χ2n) is 6.69. The molecular weight excluding hydrogens is 358 g/mol. The molecule has 0 radical (unpaired) electrons. The number of alkyl halides is 1. The van der Waals surface area contributed by atoms with Crippen LogP contribution in [0.2, 0.25) is 0 Å². The Morgan fingerprint density at radius 1 is 1.27 bits per heavy atom. The Morgan fingerprint density at radius 2 is 1.92 bits per heavy atom. The van der Waals surface area contributed by atoms with Gasteiger partial charge in [0, 0.05) is 0 Å². The lowest BCUT2D eigenvalue weighted by Gasteiger charge is -2.22. The summed E-state index contributed by atoms with van der Waals surface area (Å²) < 4.78 is 5.13. The Hall–Kier alpha value is -2.28. The molecule has 0 heterocycles. The van der Waals surface area contributed by atoms with Gasteiger partial charge in [0.1, 0.15) is 18.2 Å². The topological polar surface area (TPSA) is 103 Å². The van der Waals surface area contributed by atoms with E-state index in [0.717, 1.165) is 5.56 Å². The third-order valence-corrected chi connectivity index (χ3v) is 3.49. The van der Waals surface area contributed by atoms with Gasteiger partial charge in [-0.3, -0.25) is 4.79 Å². The number of halogens is 1. The summed E-state index contributed by atoms with van der Waals surface area (Å²) in [4.78, 5) is 28.6. The van der Waals surface area contributed by atoms with Crippen molar-refractivity contribution in [2.75, 3.05) is 5.88 Å². The number of primary amides is 1. The smallest absolute Gasteiger partial charge is 0.408 e. The minimum Gasteiger partial charge on any atom is -0.444 e. The molecule has 0 spiro atoms. The Labute approximate surface area is 158 Å². The van der Waals surface area contributed by atoms with Gasteiger partial charge in [-0.15, -0.1) is 11.6 Å². The van der Waals surface area contributed by atoms with Crippen LogP contribution >= 0.6 is 11.6 Å². The van der Waals surface area contributed by atoms with Gasteiger partial charge in [-0.05, 0) is 39.2 Å². The molecule has 0 fully saturated rings. The van der Waals surface area contributed by atoms with Crippen molar-refractivity contribution in [1.29, 1.82) is 0 Å². The molecule has 0 saturated heterocycles. The van der Waals surface area contributed by atoms with Crippen molar-refractivity contribution in [2.24, 2.45) is 10.9 Å². The maximum atomic E-state index is 11.8. The number of benzene rings is 1. The maximum absolute atomic E-state index is 11.8. The molecule has 3 N–H and O–H groups in total. The van der Waals surface area contributed by atoms with Crippen LogP contribution in [0.3, 0.4) is 0 Å². The molecule has 1 aromatic carbocycles. The number of carbonyl (C=O) groups excluding carboxylic acids is 2. The van der Waals surface area contributed by atoms with Crippen molar-refractivity contribution in [3.63, 3.8) is 0 Å². The fourth-order valence-electron chi connectivity index (χ4n) is 1.96. The van der Waals surface area contributed by atoms with Gasteiger partial charge in [0.2, 0.25) is 5.91 Å². The van der Waals surface area contributed by atoms with Gasteiger partial charge in [0.15, 0.2) is 0 Å². The zero-order valence-electron chi connectivity index (χ0n) is 15.3. The van der Waals surface area contributed by atoms with Gasteiger partial charge < -0.3 is 20.6 Å². The van der Waals surface area contributed by atoms with Gasteiger partial charge in [-0.1, -0.05) is 35.5 Å². The summed E-state index contributed by atoms with van der Waals surface area (Å²) in [6.45, 7) is 5.51. The van der Waals surface area contributed by atoms with Crippen LogP contribution in [0.1, 0.15) is 39.2 Å². The Morgan fingerprint density at radius 3 is 2.46 bits per heavy atom. The first-order chi connectivity index (χ1) is 12.2. The fourth-order valence-corrected chi connectivity index (χ4v) is 2.14. The van der Waals surface area contributed by atoms with E-state index in [1.807, 2.05) is 30.3 Å². The number of amides is 2. The van der Waals surface area contributed by atoms with Gasteiger partial charge in [0.05, 0.1) is 11.6 Å². The lowest BCUT2D eigenvalue weighted by atomic mass is 10.1. The second-order valence-corrected chi connectivity index (χ2v) is 6.96. The van der Waals surface area contributed by atoms with Crippen LogP contribution in [0.25, 0.3) is 0 Å². The molecule has 144 valence electrons. The monoisotopic (exact) mass is 383 g/mol. The summed E-state index contributed by atoms with van der Waals surface area (Å²) in [7, 11) is 0. The van der Waals surface area contributed by atoms with E-state index in [-0.39, 0.29) is 12.3 Å². The molecule has 0 saturated carbocycles. The molecule has 0 aliphatic rings. The summed E-state index contributed by atoms with van der Waals surface area (Å²) in [5.41, 5.74) is 6.21. The van der Waals surface area contributed by atoms with E-state index in [0.29, 0.717) is 18.7 Å². The van der Waals surface area contributed by atoms with Crippen molar-refractivity contribution < 1.29 is 19.2 Å². The average Bonchev–Trinajstić information content (AvgIpc) is 2.55.